The first-order valence-corrected chi connectivity index (χ1v) is 5.43. The van der Waals surface area contributed by atoms with Crippen molar-refractivity contribution in [1.29, 1.82) is 5.26 Å². The van der Waals surface area contributed by atoms with Crippen molar-refractivity contribution in [2.45, 2.75) is 46.1 Å². The van der Waals surface area contributed by atoms with Crippen LogP contribution in [0.1, 0.15) is 40.0 Å². The predicted molar refractivity (Wildman–Crippen MR) is 57.9 cm³/mol. The highest BCUT2D eigenvalue weighted by Crippen LogP contribution is 2.25. The fraction of sp³-hybridized carbons (Fsp3) is 0.818. The van der Waals surface area contributed by atoms with Gasteiger partial charge in [-0.2, -0.15) is 5.26 Å². The van der Waals surface area contributed by atoms with Crippen molar-refractivity contribution in [3.63, 3.8) is 0 Å². The summed E-state index contributed by atoms with van der Waals surface area (Å²) in [5.74, 6) is -0.268. The lowest BCUT2D eigenvalue weighted by atomic mass is 9.83. The molecular weight excluding hydrogens is 192 g/mol. The maximum absolute atomic E-state index is 11.8. The molecule has 4 heteroatoms. The first-order chi connectivity index (χ1) is 7.10. The second kappa shape index (κ2) is 6.41. The number of amides is 1. The standard InChI is InChI=1S/C11H20N2O2/c1-4-9(7-14)13-10(15)11(5-2,6-3)8-12/h9,14H,4-7H2,1-3H3,(H,13,15)/t9-/m1/s1. The molecule has 0 aromatic rings. The zero-order chi connectivity index (χ0) is 11.9. The molecule has 0 radical (unpaired) electrons. The molecule has 86 valence electrons. The molecule has 0 heterocycles. The van der Waals surface area contributed by atoms with E-state index in [4.69, 9.17) is 10.4 Å². The lowest BCUT2D eigenvalue weighted by Crippen LogP contribution is -2.45. The second-order valence-electron chi connectivity index (χ2n) is 3.66. The molecule has 1 amide bonds. The van der Waals surface area contributed by atoms with Crippen LogP contribution in [0.15, 0.2) is 0 Å². The third-order valence-corrected chi connectivity index (χ3v) is 2.90. The Morgan fingerprint density at radius 1 is 1.47 bits per heavy atom. The van der Waals surface area contributed by atoms with Gasteiger partial charge in [0.1, 0.15) is 5.41 Å². The summed E-state index contributed by atoms with van der Waals surface area (Å²) in [5, 5.41) is 20.7. The summed E-state index contributed by atoms with van der Waals surface area (Å²) < 4.78 is 0. The summed E-state index contributed by atoms with van der Waals surface area (Å²) >= 11 is 0. The van der Waals surface area contributed by atoms with Gasteiger partial charge in [-0.3, -0.25) is 4.79 Å². The molecule has 0 rings (SSSR count). The Morgan fingerprint density at radius 2 is 2.00 bits per heavy atom. The molecule has 0 aromatic carbocycles. The maximum Gasteiger partial charge on any atom is 0.240 e. The molecular formula is C11H20N2O2. The van der Waals surface area contributed by atoms with Gasteiger partial charge in [0.2, 0.25) is 5.91 Å². The van der Waals surface area contributed by atoms with Crippen LogP contribution in [0.3, 0.4) is 0 Å². The third kappa shape index (κ3) is 3.21. The van der Waals surface area contributed by atoms with Gasteiger partial charge in [-0.15, -0.1) is 0 Å². The van der Waals surface area contributed by atoms with E-state index in [2.05, 4.69) is 11.4 Å². The smallest absolute Gasteiger partial charge is 0.240 e. The molecule has 0 aliphatic heterocycles. The highest BCUT2D eigenvalue weighted by atomic mass is 16.3. The van der Waals surface area contributed by atoms with E-state index in [9.17, 15) is 4.79 Å². The van der Waals surface area contributed by atoms with Gasteiger partial charge in [0.05, 0.1) is 18.7 Å². The van der Waals surface area contributed by atoms with Gasteiger partial charge in [0.25, 0.3) is 0 Å². The molecule has 0 fully saturated rings. The Labute approximate surface area is 91.3 Å². The largest absolute Gasteiger partial charge is 0.394 e. The number of aliphatic hydroxyl groups excluding tert-OH is 1. The van der Waals surface area contributed by atoms with Gasteiger partial charge in [-0.05, 0) is 19.3 Å². The summed E-state index contributed by atoms with van der Waals surface area (Å²) in [5.41, 5.74) is -0.942. The van der Waals surface area contributed by atoms with Crippen LogP contribution in [-0.4, -0.2) is 23.7 Å². The van der Waals surface area contributed by atoms with Crippen LogP contribution in [0.25, 0.3) is 0 Å². The number of carbonyl (C=O) groups excluding carboxylic acids is 1. The summed E-state index contributed by atoms with van der Waals surface area (Å²) in [6.45, 7) is 5.45. The monoisotopic (exact) mass is 212 g/mol. The summed E-state index contributed by atoms with van der Waals surface area (Å²) in [6.07, 6.45) is 1.65. The van der Waals surface area contributed by atoms with Gasteiger partial charge in [0, 0.05) is 0 Å². The molecule has 4 nitrogen and oxygen atoms in total. The molecule has 0 bridgehead atoms. The number of hydrogen-bond donors (Lipinski definition) is 2. The van der Waals surface area contributed by atoms with Crippen LogP contribution in [0.4, 0.5) is 0 Å². The molecule has 1 atom stereocenters. The first-order valence-electron chi connectivity index (χ1n) is 5.43. The molecule has 0 saturated carbocycles. The molecule has 0 aromatic heterocycles. The van der Waals surface area contributed by atoms with E-state index < -0.39 is 5.41 Å². The number of nitrogens with one attached hydrogen (secondary N) is 1. The molecule has 2 N–H and O–H groups in total. The number of rotatable bonds is 6. The van der Waals surface area contributed by atoms with Crippen molar-refractivity contribution < 1.29 is 9.90 Å². The van der Waals surface area contributed by atoms with Crippen molar-refractivity contribution in [2.75, 3.05) is 6.61 Å². The van der Waals surface area contributed by atoms with Crippen molar-refractivity contribution in [2.24, 2.45) is 5.41 Å². The zero-order valence-electron chi connectivity index (χ0n) is 9.71. The van der Waals surface area contributed by atoms with E-state index in [1.165, 1.54) is 0 Å². The number of nitriles is 1. The van der Waals surface area contributed by atoms with Crippen LogP contribution in [-0.2, 0) is 4.79 Å². The Balaban J connectivity index is 4.60. The summed E-state index contributed by atoms with van der Waals surface area (Å²) in [6, 6.07) is 1.83. The van der Waals surface area contributed by atoms with Gasteiger partial charge in [0.15, 0.2) is 0 Å². The second-order valence-corrected chi connectivity index (χ2v) is 3.66. The minimum atomic E-state index is -0.942. The lowest BCUT2D eigenvalue weighted by Gasteiger charge is -2.25. The molecule has 0 aliphatic carbocycles. The fourth-order valence-corrected chi connectivity index (χ4v) is 1.38. The van der Waals surface area contributed by atoms with E-state index in [0.717, 1.165) is 0 Å². The normalized spacial score (nSPS) is 13.0. The Kier molecular flexibility index (Phi) is 5.95. The van der Waals surface area contributed by atoms with Gasteiger partial charge in [-0.1, -0.05) is 20.8 Å². The van der Waals surface area contributed by atoms with Crippen LogP contribution >= 0.6 is 0 Å². The van der Waals surface area contributed by atoms with Gasteiger partial charge in [-0.25, -0.2) is 0 Å². The minimum Gasteiger partial charge on any atom is -0.394 e. The molecule has 15 heavy (non-hydrogen) atoms. The molecule has 0 unspecified atom stereocenters. The maximum atomic E-state index is 11.8. The van der Waals surface area contributed by atoms with Crippen LogP contribution < -0.4 is 5.32 Å². The fourth-order valence-electron chi connectivity index (χ4n) is 1.38. The van der Waals surface area contributed by atoms with Crippen LogP contribution in [0.2, 0.25) is 0 Å². The Hall–Kier alpha value is -1.08. The number of hydrogen-bond acceptors (Lipinski definition) is 3. The SMILES string of the molecule is CC[C@H](CO)NC(=O)C(C#N)(CC)CC. The highest BCUT2D eigenvalue weighted by Gasteiger charge is 2.35. The summed E-state index contributed by atoms with van der Waals surface area (Å²) in [4.78, 5) is 11.8. The minimum absolute atomic E-state index is 0.0861. The highest BCUT2D eigenvalue weighted by molar-refractivity contribution is 5.85. The van der Waals surface area contributed by atoms with E-state index in [1.807, 2.05) is 20.8 Å². The van der Waals surface area contributed by atoms with Gasteiger partial charge >= 0.3 is 0 Å². The first kappa shape index (κ1) is 13.9. The third-order valence-electron chi connectivity index (χ3n) is 2.90. The lowest BCUT2D eigenvalue weighted by molar-refractivity contribution is -0.129. The van der Waals surface area contributed by atoms with E-state index in [-0.39, 0.29) is 18.6 Å². The zero-order valence-corrected chi connectivity index (χ0v) is 9.71. The van der Waals surface area contributed by atoms with E-state index in [0.29, 0.717) is 19.3 Å². The van der Waals surface area contributed by atoms with Crippen LogP contribution in [0.5, 0.6) is 0 Å². The van der Waals surface area contributed by atoms with Crippen molar-refractivity contribution in [3.05, 3.63) is 0 Å². The Morgan fingerprint density at radius 3 is 2.27 bits per heavy atom. The van der Waals surface area contributed by atoms with E-state index in [1.54, 1.807) is 0 Å². The molecule has 0 aliphatic rings. The number of nitrogens with zero attached hydrogens (tertiary/aromatic N) is 1. The quantitative estimate of drug-likeness (QED) is 0.695. The Bertz CT molecular complexity index is 237. The van der Waals surface area contributed by atoms with Crippen molar-refractivity contribution in [1.82, 2.24) is 5.32 Å². The summed E-state index contributed by atoms with van der Waals surface area (Å²) in [7, 11) is 0. The number of carbonyl (C=O) groups is 1. The van der Waals surface area contributed by atoms with Gasteiger partial charge < -0.3 is 10.4 Å². The topological polar surface area (TPSA) is 73.1 Å². The average molecular weight is 212 g/mol. The van der Waals surface area contributed by atoms with Crippen LogP contribution in [0, 0.1) is 16.7 Å². The number of aliphatic hydroxyl groups is 1. The predicted octanol–water partition coefficient (Wildman–Crippen LogP) is 1.20. The molecule has 0 saturated heterocycles. The van der Waals surface area contributed by atoms with Crippen molar-refractivity contribution in [3.8, 4) is 6.07 Å². The van der Waals surface area contributed by atoms with Crippen molar-refractivity contribution >= 4 is 5.91 Å². The van der Waals surface area contributed by atoms with E-state index >= 15 is 0 Å². The molecule has 0 spiro atoms. The average Bonchev–Trinajstić information content (AvgIpc) is 2.29.